The second kappa shape index (κ2) is 7.26. The number of hydrogen-bond acceptors (Lipinski definition) is 3. The highest BCUT2D eigenvalue weighted by Crippen LogP contribution is 2.43. The maximum Gasteiger partial charge on any atom is 0.257 e. The maximum atomic E-state index is 14.0. The van der Waals surface area contributed by atoms with Gasteiger partial charge in [-0.1, -0.05) is 28.1 Å². The molecule has 0 aliphatic carbocycles. The van der Waals surface area contributed by atoms with Gasteiger partial charge in [0.15, 0.2) is 0 Å². The largest absolute Gasteiger partial charge is 0.324 e. The van der Waals surface area contributed by atoms with Crippen LogP contribution in [-0.2, 0) is 9.59 Å². The Labute approximate surface area is 175 Å². The van der Waals surface area contributed by atoms with E-state index in [2.05, 4.69) is 21.2 Å². The average Bonchev–Trinajstić information content (AvgIpc) is 2.99. The van der Waals surface area contributed by atoms with E-state index < -0.39 is 17.4 Å². The second-order valence-corrected chi connectivity index (χ2v) is 8.26. The van der Waals surface area contributed by atoms with E-state index in [-0.39, 0.29) is 30.5 Å². The zero-order valence-electron chi connectivity index (χ0n) is 15.7. The number of halogens is 2. The first kappa shape index (κ1) is 19.6. The first-order valence-electron chi connectivity index (χ1n) is 9.30. The summed E-state index contributed by atoms with van der Waals surface area (Å²) in [5, 5.41) is 2.54. The second-order valence-electron chi connectivity index (χ2n) is 7.34. The Morgan fingerprint density at radius 2 is 2.00 bits per heavy atom. The molecule has 29 heavy (non-hydrogen) atoms. The van der Waals surface area contributed by atoms with Crippen LogP contribution < -0.4 is 10.2 Å². The van der Waals surface area contributed by atoms with Crippen molar-refractivity contribution in [3.05, 3.63) is 58.3 Å². The number of carbonyl (C=O) groups excluding carboxylic acids is 3. The van der Waals surface area contributed by atoms with Gasteiger partial charge in [-0.15, -0.1) is 0 Å². The number of carbonyl (C=O) groups is 3. The van der Waals surface area contributed by atoms with E-state index in [4.69, 9.17) is 0 Å². The van der Waals surface area contributed by atoms with E-state index in [0.29, 0.717) is 28.6 Å². The Balaban J connectivity index is 1.54. The molecular formula is C21H19BrFN3O3. The molecule has 2 aromatic carbocycles. The van der Waals surface area contributed by atoms with E-state index in [1.54, 1.807) is 40.1 Å². The van der Waals surface area contributed by atoms with Gasteiger partial charge in [0.05, 0.1) is 16.9 Å². The van der Waals surface area contributed by atoms with Gasteiger partial charge in [-0.25, -0.2) is 4.39 Å². The Hall–Kier alpha value is -2.74. The minimum absolute atomic E-state index is 0.0129. The van der Waals surface area contributed by atoms with Gasteiger partial charge in [0.25, 0.3) is 5.91 Å². The van der Waals surface area contributed by atoms with Gasteiger partial charge in [-0.05, 0) is 43.7 Å². The molecule has 2 aliphatic heterocycles. The van der Waals surface area contributed by atoms with Gasteiger partial charge in [0.1, 0.15) is 11.5 Å². The summed E-state index contributed by atoms with van der Waals surface area (Å²) in [7, 11) is 0. The fourth-order valence-electron chi connectivity index (χ4n) is 4.06. The minimum Gasteiger partial charge on any atom is -0.324 e. The Morgan fingerprint density at radius 3 is 2.76 bits per heavy atom. The minimum atomic E-state index is -0.814. The Kier molecular flexibility index (Phi) is 4.90. The number of para-hydroxylation sites is 1. The van der Waals surface area contributed by atoms with Crippen LogP contribution >= 0.6 is 15.9 Å². The average molecular weight is 460 g/mol. The van der Waals surface area contributed by atoms with Crippen LogP contribution in [0.25, 0.3) is 0 Å². The summed E-state index contributed by atoms with van der Waals surface area (Å²) in [4.78, 5) is 41.3. The highest BCUT2D eigenvalue weighted by atomic mass is 79.9. The van der Waals surface area contributed by atoms with Crippen molar-refractivity contribution in [3.8, 4) is 0 Å². The van der Waals surface area contributed by atoms with Crippen LogP contribution in [0.15, 0.2) is 46.9 Å². The molecule has 2 aliphatic rings. The molecular weight excluding hydrogens is 441 g/mol. The summed E-state index contributed by atoms with van der Waals surface area (Å²) in [5.41, 5.74) is 0.322. The molecule has 1 saturated heterocycles. The van der Waals surface area contributed by atoms with E-state index >= 15 is 0 Å². The molecule has 0 aromatic heterocycles. The van der Waals surface area contributed by atoms with Gasteiger partial charge in [0, 0.05) is 23.9 Å². The summed E-state index contributed by atoms with van der Waals surface area (Å²) in [6.07, 6.45) is 0.820. The van der Waals surface area contributed by atoms with Gasteiger partial charge < -0.3 is 10.2 Å². The quantitative estimate of drug-likeness (QED) is 0.753. The van der Waals surface area contributed by atoms with Gasteiger partial charge >= 0.3 is 0 Å². The Bertz CT molecular complexity index is 1030. The first-order valence-corrected chi connectivity index (χ1v) is 10.1. The summed E-state index contributed by atoms with van der Waals surface area (Å²) in [5.74, 6) is -1.21. The van der Waals surface area contributed by atoms with Crippen LogP contribution in [-0.4, -0.2) is 34.8 Å². The predicted octanol–water partition coefficient (Wildman–Crippen LogP) is 3.92. The fourth-order valence-corrected chi connectivity index (χ4v) is 4.39. The molecule has 2 heterocycles. The standard InChI is InChI=1S/C21H19BrFN3O3/c1-21-10-8-19(28)26(21)17-5-3-2-4-14(17)20(29)25(21)11-9-18(27)24-16-7-6-13(22)12-15(16)23/h2-7,12H,8-11H2,1H3,(H,24,27). The lowest BCUT2D eigenvalue weighted by atomic mass is 9.98. The number of anilines is 2. The van der Waals surface area contributed by atoms with Crippen molar-refractivity contribution in [2.24, 2.45) is 0 Å². The maximum absolute atomic E-state index is 14.0. The van der Waals surface area contributed by atoms with Crippen molar-refractivity contribution >= 4 is 45.0 Å². The van der Waals surface area contributed by atoms with Crippen molar-refractivity contribution < 1.29 is 18.8 Å². The molecule has 2 aromatic rings. The summed E-state index contributed by atoms with van der Waals surface area (Å²) in [6, 6.07) is 11.4. The third-order valence-corrected chi connectivity index (χ3v) is 6.01. The molecule has 1 fully saturated rings. The molecule has 1 unspecified atom stereocenters. The Morgan fingerprint density at radius 1 is 1.24 bits per heavy atom. The van der Waals surface area contributed by atoms with Crippen LogP contribution in [0.3, 0.4) is 0 Å². The molecule has 3 amide bonds. The van der Waals surface area contributed by atoms with Crippen LogP contribution in [0, 0.1) is 5.82 Å². The predicted molar refractivity (Wildman–Crippen MR) is 110 cm³/mol. The summed E-state index contributed by atoms with van der Waals surface area (Å²) >= 11 is 3.17. The molecule has 0 saturated carbocycles. The lowest BCUT2D eigenvalue weighted by Crippen LogP contribution is -2.62. The first-order chi connectivity index (χ1) is 13.8. The van der Waals surface area contributed by atoms with Crippen molar-refractivity contribution in [2.45, 2.75) is 31.8 Å². The molecule has 0 spiro atoms. The summed E-state index contributed by atoms with van der Waals surface area (Å²) < 4.78 is 14.5. The number of nitrogens with zero attached hydrogens (tertiary/aromatic N) is 2. The van der Waals surface area contributed by atoms with Crippen LogP contribution in [0.2, 0.25) is 0 Å². The highest BCUT2D eigenvalue weighted by Gasteiger charge is 2.52. The lowest BCUT2D eigenvalue weighted by Gasteiger charge is -2.48. The van der Waals surface area contributed by atoms with E-state index in [9.17, 15) is 18.8 Å². The van der Waals surface area contributed by atoms with Crippen molar-refractivity contribution in [2.75, 3.05) is 16.8 Å². The van der Waals surface area contributed by atoms with Crippen LogP contribution in [0.1, 0.15) is 36.5 Å². The van der Waals surface area contributed by atoms with Crippen LogP contribution in [0.5, 0.6) is 0 Å². The zero-order valence-corrected chi connectivity index (χ0v) is 17.3. The summed E-state index contributed by atoms with van der Waals surface area (Å²) in [6.45, 7) is 1.97. The third kappa shape index (κ3) is 3.31. The van der Waals surface area contributed by atoms with Crippen LogP contribution in [0.4, 0.5) is 15.8 Å². The van der Waals surface area contributed by atoms with Gasteiger partial charge in [-0.2, -0.15) is 0 Å². The third-order valence-electron chi connectivity index (χ3n) is 5.51. The number of rotatable bonds is 4. The molecule has 6 nitrogen and oxygen atoms in total. The number of benzene rings is 2. The smallest absolute Gasteiger partial charge is 0.257 e. The molecule has 4 rings (SSSR count). The van der Waals surface area contributed by atoms with E-state index in [1.165, 1.54) is 12.1 Å². The van der Waals surface area contributed by atoms with Gasteiger partial charge in [-0.3, -0.25) is 19.3 Å². The van der Waals surface area contributed by atoms with Gasteiger partial charge in [0.2, 0.25) is 11.8 Å². The normalized spacial score (nSPS) is 20.5. The molecule has 0 radical (unpaired) electrons. The monoisotopic (exact) mass is 459 g/mol. The molecule has 1 atom stereocenters. The van der Waals surface area contributed by atoms with Crippen molar-refractivity contribution in [1.29, 1.82) is 0 Å². The molecule has 8 heteroatoms. The number of nitrogens with one attached hydrogen (secondary N) is 1. The SMILES string of the molecule is CC12CCC(=O)N1c1ccccc1C(=O)N2CCC(=O)Nc1ccc(Br)cc1F. The van der Waals surface area contributed by atoms with Crippen molar-refractivity contribution in [3.63, 3.8) is 0 Å². The van der Waals surface area contributed by atoms with Crippen molar-refractivity contribution in [1.82, 2.24) is 4.90 Å². The van der Waals surface area contributed by atoms with E-state index in [0.717, 1.165) is 0 Å². The lowest BCUT2D eigenvalue weighted by molar-refractivity contribution is -0.117. The highest BCUT2D eigenvalue weighted by molar-refractivity contribution is 9.10. The number of fused-ring (bicyclic) bond motifs is 3. The molecule has 1 N–H and O–H groups in total. The number of hydrogen-bond donors (Lipinski definition) is 1. The molecule has 150 valence electrons. The topological polar surface area (TPSA) is 69.7 Å². The fraction of sp³-hybridized carbons (Fsp3) is 0.286. The molecule has 0 bridgehead atoms. The number of amides is 3. The zero-order chi connectivity index (χ0) is 20.8. The van der Waals surface area contributed by atoms with E-state index in [1.807, 2.05) is 6.92 Å².